The van der Waals surface area contributed by atoms with E-state index in [1.54, 1.807) is 17.9 Å². The Kier molecular flexibility index (Phi) is 9.79. The molecule has 3 aromatic rings. The summed E-state index contributed by atoms with van der Waals surface area (Å²) in [6, 6.07) is 12.3. The molecule has 0 saturated carbocycles. The minimum atomic E-state index is -0.229. The van der Waals surface area contributed by atoms with Gasteiger partial charge in [-0.15, -0.1) is 17.5 Å². The quantitative estimate of drug-likeness (QED) is 0.318. The highest BCUT2D eigenvalue weighted by atomic mass is 35.5. The van der Waals surface area contributed by atoms with Gasteiger partial charge in [0.2, 0.25) is 5.95 Å². The minimum Gasteiger partial charge on any atom is -0.496 e. The number of rotatable bonds is 10. The molecule has 32 heavy (non-hydrogen) atoms. The lowest BCUT2D eigenvalue weighted by Gasteiger charge is -2.31. The van der Waals surface area contributed by atoms with Gasteiger partial charge in [-0.2, -0.15) is 4.98 Å². The van der Waals surface area contributed by atoms with Crippen LogP contribution in [0.4, 0.5) is 10.3 Å². The molecule has 1 aromatic heterocycles. The molecule has 0 amide bonds. The Morgan fingerprint density at radius 3 is 2.47 bits per heavy atom. The Bertz CT molecular complexity index is 994. The van der Waals surface area contributed by atoms with Crippen molar-refractivity contribution in [3.8, 4) is 17.1 Å². The Hall–Kier alpha value is -2.31. The number of methoxy groups -OCH3 is 1. The van der Waals surface area contributed by atoms with Crippen LogP contribution in [0.1, 0.15) is 51.1 Å². The van der Waals surface area contributed by atoms with E-state index in [1.165, 1.54) is 12.1 Å². The second-order valence-electron chi connectivity index (χ2n) is 7.61. The zero-order valence-corrected chi connectivity index (χ0v) is 20.6. The molecule has 0 aliphatic heterocycles. The molecule has 0 N–H and O–H groups in total. The smallest absolute Gasteiger partial charge is 0.245 e. The fraction of sp³-hybridized carbons (Fsp3) is 0.417. The van der Waals surface area contributed by atoms with E-state index < -0.39 is 0 Å². The summed E-state index contributed by atoms with van der Waals surface area (Å²) in [6.07, 6.45) is 4.04. The van der Waals surface area contributed by atoms with Crippen molar-refractivity contribution in [3.05, 3.63) is 58.9 Å². The summed E-state index contributed by atoms with van der Waals surface area (Å²) in [5.74, 6) is 1.78. The van der Waals surface area contributed by atoms with Gasteiger partial charge in [0.15, 0.2) is 5.82 Å². The van der Waals surface area contributed by atoms with E-state index in [2.05, 4.69) is 18.7 Å². The summed E-state index contributed by atoms with van der Waals surface area (Å²) in [4.78, 5) is 7.12. The van der Waals surface area contributed by atoms with Gasteiger partial charge in [-0.05, 0) is 48.7 Å². The maximum atomic E-state index is 13.6. The van der Waals surface area contributed by atoms with Crippen LogP contribution in [0.15, 0.2) is 42.5 Å². The lowest BCUT2D eigenvalue weighted by molar-refractivity contribution is 0.416. The van der Waals surface area contributed by atoms with Crippen LogP contribution in [0.5, 0.6) is 5.75 Å². The van der Waals surface area contributed by atoms with Gasteiger partial charge in [0.05, 0.1) is 18.7 Å². The van der Waals surface area contributed by atoms with Gasteiger partial charge < -0.3 is 9.64 Å². The summed E-state index contributed by atoms with van der Waals surface area (Å²) < 4.78 is 20.8. The summed E-state index contributed by atoms with van der Waals surface area (Å²) in [6.45, 7) is 5.11. The monoisotopic (exact) mass is 480 g/mol. The number of anilines is 1. The average molecular weight is 481 g/mol. The third-order valence-corrected chi connectivity index (χ3v) is 5.57. The van der Waals surface area contributed by atoms with E-state index in [0.29, 0.717) is 22.5 Å². The molecule has 0 radical (unpaired) electrons. The van der Waals surface area contributed by atoms with Gasteiger partial charge in [-0.3, -0.25) is 0 Å². The van der Waals surface area contributed by atoms with Crippen molar-refractivity contribution in [1.82, 2.24) is 14.8 Å². The Balaban J connectivity index is 0.00000363. The normalized spacial score (nSPS) is 11.7. The zero-order valence-electron chi connectivity index (χ0n) is 19.0. The molecular formula is C24H31Cl2FN4O. The standard InChI is InChI=1S/C24H30ClFN4O.ClH/c1-5-7-8-21(17-9-12-19(26)13-10-17)30(15-6-2)24-27-23(29(3)28-24)20-14-11-18(25)16-22(20)31-4;/h9-14,16,21H,5-8,15H2,1-4H3;1H/t21-;/m0./s1. The van der Waals surface area contributed by atoms with E-state index in [0.717, 1.165) is 43.4 Å². The molecule has 0 spiro atoms. The van der Waals surface area contributed by atoms with E-state index in [9.17, 15) is 4.39 Å². The third kappa shape index (κ3) is 5.93. The number of nitrogens with zero attached hydrogens (tertiary/aromatic N) is 4. The Morgan fingerprint density at radius 1 is 1.12 bits per heavy atom. The van der Waals surface area contributed by atoms with Crippen molar-refractivity contribution in [2.75, 3.05) is 18.6 Å². The van der Waals surface area contributed by atoms with Crippen LogP contribution in [-0.4, -0.2) is 28.4 Å². The molecule has 174 valence electrons. The van der Waals surface area contributed by atoms with Crippen LogP contribution in [0.3, 0.4) is 0 Å². The number of benzene rings is 2. The molecule has 0 saturated heterocycles. The molecule has 0 fully saturated rings. The van der Waals surface area contributed by atoms with Crippen molar-refractivity contribution in [3.63, 3.8) is 0 Å². The molecule has 2 aromatic carbocycles. The van der Waals surface area contributed by atoms with Crippen LogP contribution in [0.25, 0.3) is 11.4 Å². The number of hydrogen-bond donors (Lipinski definition) is 0. The molecule has 0 aliphatic carbocycles. The maximum absolute atomic E-state index is 13.6. The van der Waals surface area contributed by atoms with E-state index >= 15 is 0 Å². The number of aromatic nitrogens is 3. The maximum Gasteiger partial charge on any atom is 0.245 e. The number of ether oxygens (including phenoxy) is 1. The molecule has 0 aliphatic rings. The lowest BCUT2D eigenvalue weighted by atomic mass is 9.99. The topological polar surface area (TPSA) is 43.2 Å². The molecule has 1 heterocycles. The molecular weight excluding hydrogens is 450 g/mol. The van der Waals surface area contributed by atoms with Crippen LogP contribution in [0, 0.1) is 5.82 Å². The summed E-state index contributed by atoms with van der Waals surface area (Å²) in [5, 5.41) is 5.35. The SMILES string of the molecule is CCCC[C@@H](c1ccc(F)cc1)N(CCC)c1nc(-c2ccc(Cl)cc2OC)n(C)n1.Cl. The van der Waals surface area contributed by atoms with Crippen LogP contribution < -0.4 is 9.64 Å². The Morgan fingerprint density at radius 2 is 1.84 bits per heavy atom. The van der Waals surface area contributed by atoms with Gasteiger partial charge in [-0.25, -0.2) is 9.07 Å². The van der Waals surface area contributed by atoms with Crippen LogP contribution >= 0.6 is 24.0 Å². The van der Waals surface area contributed by atoms with E-state index in [1.807, 2.05) is 31.3 Å². The molecule has 8 heteroatoms. The fourth-order valence-electron chi connectivity index (χ4n) is 3.80. The van der Waals surface area contributed by atoms with E-state index in [4.69, 9.17) is 26.4 Å². The van der Waals surface area contributed by atoms with Crippen molar-refractivity contribution in [1.29, 1.82) is 0 Å². The molecule has 0 bridgehead atoms. The Labute approximate surface area is 201 Å². The summed E-state index contributed by atoms with van der Waals surface area (Å²) >= 11 is 6.13. The van der Waals surface area contributed by atoms with E-state index in [-0.39, 0.29) is 24.3 Å². The van der Waals surface area contributed by atoms with Gasteiger partial charge in [0.25, 0.3) is 0 Å². The van der Waals surface area contributed by atoms with Crippen LogP contribution in [-0.2, 0) is 7.05 Å². The number of hydrogen-bond acceptors (Lipinski definition) is 4. The zero-order chi connectivity index (χ0) is 22.4. The van der Waals surface area contributed by atoms with Crippen molar-refractivity contribution >= 4 is 30.0 Å². The van der Waals surface area contributed by atoms with Crippen molar-refractivity contribution in [2.24, 2.45) is 7.05 Å². The first-order chi connectivity index (χ1) is 15.0. The van der Waals surface area contributed by atoms with Gasteiger partial charge in [-0.1, -0.05) is 50.4 Å². The number of halogens is 3. The first-order valence-corrected chi connectivity index (χ1v) is 11.1. The second-order valence-corrected chi connectivity index (χ2v) is 8.04. The van der Waals surface area contributed by atoms with Crippen molar-refractivity contribution < 1.29 is 9.13 Å². The highest BCUT2D eigenvalue weighted by molar-refractivity contribution is 6.30. The summed E-state index contributed by atoms with van der Waals surface area (Å²) in [5.41, 5.74) is 1.90. The first-order valence-electron chi connectivity index (χ1n) is 10.8. The number of unbranched alkanes of at least 4 members (excludes halogenated alkanes) is 1. The highest BCUT2D eigenvalue weighted by Crippen LogP contribution is 2.34. The largest absolute Gasteiger partial charge is 0.496 e. The summed E-state index contributed by atoms with van der Waals surface area (Å²) in [7, 11) is 3.49. The fourth-order valence-corrected chi connectivity index (χ4v) is 3.96. The predicted molar refractivity (Wildman–Crippen MR) is 132 cm³/mol. The lowest BCUT2D eigenvalue weighted by Crippen LogP contribution is -2.30. The van der Waals surface area contributed by atoms with Crippen LogP contribution in [0.2, 0.25) is 5.02 Å². The van der Waals surface area contributed by atoms with Gasteiger partial charge in [0.1, 0.15) is 11.6 Å². The van der Waals surface area contributed by atoms with Crippen molar-refractivity contribution in [2.45, 2.75) is 45.6 Å². The predicted octanol–water partition coefficient (Wildman–Crippen LogP) is 6.85. The highest BCUT2D eigenvalue weighted by Gasteiger charge is 2.25. The molecule has 0 unspecified atom stereocenters. The molecule has 3 rings (SSSR count). The minimum absolute atomic E-state index is 0. The molecule has 1 atom stereocenters. The second kappa shape index (κ2) is 12.1. The van der Waals surface area contributed by atoms with Gasteiger partial charge in [0, 0.05) is 18.6 Å². The number of aryl methyl sites for hydroxylation is 1. The average Bonchev–Trinajstić information content (AvgIpc) is 3.15. The van der Waals surface area contributed by atoms with Gasteiger partial charge >= 0.3 is 0 Å². The first kappa shape index (κ1) is 25.9. The molecule has 5 nitrogen and oxygen atoms in total. The third-order valence-electron chi connectivity index (χ3n) is 5.34.